The molecule has 0 heterocycles. The molecule has 3 nitrogen and oxygen atoms in total. The van der Waals surface area contributed by atoms with Crippen LogP contribution in [0.3, 0.4) is 0 Å². The summed E-state index contributed by atoms with van der Waals surface area (Å²) < 4.78 is 17.6. The van der Waals surface area contributed by atoms with Gasteiger partial charge < -0.3 is 9.64 Å². The minimum absolute atomic E-state index is 0.0846. The van der Waals surface area contributed by atoms with E-state index in [0.717, 1.165) is 0 Å². The Morgan fingerprint density at radius 3 is 2.47 bits per heavy atom. The van der Waals surface area contributed by atoms with Crippen LogP contribution in [-0.2, 0) is 9.53 Å². The molecule has 0 aliphatic rings. The molecule has 0 aromatic heterocycles. The minimum Gasteiger partial charge on any atom is -0.383 e. The summed E-state index contributed by atoms with van der Waals surface area (Å²) in [4.78, 5) is 12.9. The van der Waals surface area contributed by atoms with E-state index >= 15 is 0 Å². The van der Waals surface area contributed by atoms with Crippen molar-refractivity contribution in [1.82, 2.24) is 0 Å². The average molecular weight is 211 g/mol. The van der Waals surface area contributed by atoms with Crippen LogP contribution < -0.4 is 4.90 Å². The van der Waals surface area contributed by atoms with Crippen molar-refractivity contribution in [2.45, 2.75) is 6.92 Å². The molecule has 0 atom stereocenters. The first-order chi connectivity index (χ1) is 7.15. The molecule has 1 rings (SSSR count). The van der Waals surface area contributed by atoms with Gasteiger partial charge in [-0.05, 0) is 24.3 Å². The van der Waals surface area contributed by atoms with Gasteiger partial charge in [0.1, 0.15) is 5.82 Å². The lowest BCUT2D eigenvalue weighted by atomic mass is 10.2. The summed E-state index contributed by atoms with van der Waals surface area (Å²) in [6.07, 6.45) is 0. The number of carbonyl (C=O) groups excluding carboxylic acids is 1. The maximum absolute atomic E-state index is 12.7. The molecule has 1 aromatic carbocycles. The van der Waals surface area contributed by atoms with Crippen LogP contribution in [0.5, 0.6) is 0 Å². The van der Waals surface area contributed by atoms with Crippen LogP contribution in [0.15, 0.2) is 24.3 Å². The van der Waals surface area contributed by atoms with Crippen LogP contribution in [0.25, 0.3) is 0 Å². The third kappa shape index (κ3) is 3.32. The predicted octanol–water partition coefficient (Wildman–Crippen LogP) is 1.83. The lowest BCUT2D eigenvalue weighted by Crippen LogP contribution is -2.31. The molecule has 82 valence electrons. The van der Waals surface area contributed by atoms with Gasteiger partial charge in [0.05, 0.1) is 6.61 Å². The van der Waals surface area contributed by atoms with Gasteiger partial charge in [-0.25, -0.2) is 4.39 Å². The number of anilines is 1. The maximum Gasteiger partial charge on any atom is 0.223 e. The molecule has 0 saturated carbocycles. The van der Waals surface area contributed by atoms with Gasteiger partial charge in [-0.15, -0.1) is 0 Å². The van der Waals surface area contributed by atoms with Gasteiger partial charge in [-0.3, -0.25) is 4.79 Å². The summed E-state index contributed by atoms with van der Waals surface area (Å²) in [5.74, 6) is -0.396. The van der Waals surface area contributed by atoms with Crippen molar-refractivity contribution < 1.29 is 13.9 Å². The van der Waals surface area contributed by atoms with E-state index in [0.29, 0.717) is 18.8 Å². The molecule has 0 bridgehead atoms. The van der Waals surface area contributed by atoms with E-state index < -0.39 is 0 Å². The van der Waals surface area contributed by atoms with Crippen molar-refractivity contribution in [2.24, 2.45) is 0 Å². The number of benzene rings is 1. The van der Waals surface area contributed by atoms with E-state index in [-0.39, 0.29) is 11.7 Å². The number of nitrogens with zero attached hydrogens (tertiary/aromatic N) is 1. The molecule has 0 fully saturated rings. The van der Waals surface area contributed by atoms with Crippen molar-refractivity contribution in [3.63, 3.8) is 0 Å². The van der Waals surface area contributed by atoms with E-state index in [1.54, 1.807) is 24.1 Å². The van der Waals surface area contributed by atoms with Gasteiger partial charge in [-0.2, -0.15) is 0 Å². The normalized spacial score (nSPS) is 10.1. The number of hydrogen-bond donors (Lipinski definition) is 0. The smallest absolute Gasteiger partial charge is 0.223 e. The summed E-state index contributed by atoms with van der Waals surface area (Å²) in [5.41, 5.74) is 0.681. The molecule has 0 spiro atoms. The number of hydrogen-bond acceptors (Lipinski definition) is 2. The Morgan fingerprint density at radius 2 is 2.00 bits per heavy atom. The van der Waals surface area contributed by atoms with Gasteiger partial charge in [-0.1, -0.05) is 0 Å². The Hall–Kier alpha value is -1.42. The highest BCUT2D eigenvalue weighted by atomic mass is 19.1. The van der Waals surface area contributed by atoms with E-state index in [1.165, 1.54) is 19.1 Å². The standard InChI is InChI=1S/C11H14FNO2/c1-9(14)13(7-8-15-2)11-5-3-10(12)4-6-11/h3-6H,7-8H2,1-2H3. The fourth-order valence-electron chi connectivity index (χ4n) is 1.27. The highest BCUT2D eigenvalue weighted by Gasteiger charge is 2.10. The number of carbonyl (C=O) groups is 1. The average Bonchev–Trinajstić information content (AvgIpc) is 2.21. The zero-order valence-electron chi connectivity index (χ0n) is 8.87. The Labute approximate surface area is 88.5 Å². The Kier molecular flexibility index (Phi) is 4.24. The molecule has 0 unspecified atom stereocenters. The zero-order valence-corrected chi connectivity index (χ0v) is 8.87. The Morgan fingerprint density at radius 1 is 1.40 bits per heavy atom. The first-order valence-electron chi connectivity index (χ1n) is 4.67. The molecular formula is C11H14FNO2. The van der Waals surface area contributed by atoms with Gasteiger partial charge in [0, 0.05) is 26.3 Å². The van der Waals surface area contributed by atoms with Crippen LogP contribution in [0.1, 0.15) is 6.92 Å². The first kappa shape index (κ1) is 11.7. The summed E-state index contributed by atoms with van der Waals surface area (Å²) >= 11 is 0. The van der Waals surface area contributed by atoms with Crippen LogP contribution in [0, 0.1) is 5.82 Å². The highest BCUT2D eigenvalue weighted by Crippen LogP contribution is 2.14. The molecule has 4 heteroatoms. The van der Waals surface area contributed by atoms with Crippen LogP contribution in [-0.4, -0.2) is 26.2 Å². The minimum atomic E-state index is -0.311. The van der Waals surface area contributed by atoms with Gasteiger partial charge >= 0.3 is 0 Å². The van der Waals surface area contributed by atoms with Gasteiger partial charge in [0.15, 0.2) is 0 Å². The molecule has 1 aromatic rings. The van der Waals surface area contributed by atoms with Crippen molar-refractivity contribution in [2.75, 3.05) is 25.2 Å². The summed E-state index contributed by atoms with van der Waals surface area (Å²) in [6.45, 7) is 2.40. The summed E-state index contributed by atoms with van der Waals surface area (Å²) in [5, 5.41) is 0. The Balaban J connectivity index is 2.79. The number of methoxy groups -OCH3 is 1. The quantitative estimate of drug-likeness (QED) is 0.760. The van der Waals surface area contributed by atoms with Crippen LogP contribution in [0.2, 0.25) is 0 Å². The number of amides is 1. The second kappa shape index (κ2) is 5.46. The fraction of sp³-hybridized carbons (Fsp3) is 0.364. The predicted molar refractivity (Wildman–Crippen MR) is 56.3 cm³/mol. The maximum atomic E-state index is 12.7. The van der Waals surface area contributed by atoms with Crippen molar-refractivity contribution >= 4 is 11.6 Å². The molecule has 0 saturated heterocycles. The van der Waals surface area contributed by atoms with Crippen molar-refractivity contribution in [3.8, 4) is 0 Å². The third-order valence-electron chi connectivity index (χ3n) is 2.04. The van der Waals surface area contributed by atoms with Crippen molar-refractivity contribution in [3.05, 3.63) is 30.1 Å². The SMILES string of the molecule is COCCN(C(C)=O)c1ccc(F)cc1. The lowest BCUT2D eigenvalue weighted by Gasteiger charge is -2.20. The molecule has 1 amide bonds. The molecule has 0 radical (unpaired) electrons. The lowest BCUT2D eigenvalue weighted by molar-refractivity contribution is -0.116. The Bertz CT molecular complexity index is 324. The second-order valence-corrected chi connectivity index (χ2v) is 3.14. The van der Waals surface area contributed by atoms with Gasteiger partial charge in [0.25, 0.3) is 0 Å². The number of rotatable bonds is 4. The molecule has 0 aliphatic carbocycles. The molecule has 0 aliphatic heterocycles. The first-order valence-corrected chi connectivity index (χ1v) is 4.67. The monoisotopic (exact) mass is 211 g/mol. The van der Waals surface area contributed by atoms with Gasteiger partial charge in [0.2, 0.25) is 5.91 Å². The highest BCUT2D eigenvalue weighted by molar-refractivity contribution is 5.91. The third-order valence-corrected chi connectivity index (χ3v) is 2.04. The topological polar surface area (TPSA) is 29.5 Å². The van der Waals surface area contributed by atoms with Crippen LogP contribution in [0.4, 0.5) is 10.1 Å². The second-order valence-electron chi connectivity index (χ2n) is 3.14. The zero-order chi connectivity index (χ0) is 11.3. The van der Waals surface area contributed by atoms with E-state index in [9.17, 15) is 9.18 Å². The summed E-state index contributed by atoms with van der Waals surface area (Å²) in [7, 11) is 1.57. The van der Waals surface area contributed by atoms with Crippen molar-refractivity contribution in [1.29, 1.82) is 0 Å². The molecular weight excluding hydrogens is 197 g/mol. The summed E-state index contributed by atoms with van der Waals surface area (Å²) in [6, 6.07) is 5.81. The molecule has 15 heavy (non-hydrogen) atoms. The fourth-order valence-corrected chi connectivity index (χ4v) is 1.27. The largest absolute Gasteiger partial charge is 0.383 e. The number of halogens is 1. The van der Waals surface area contributed by atoms with E-state index in [2.05, 4.69) is 0 Å². The van der Waals surface area contributed by atoms with E-state index in [4.69, 9.17) is 4.74 Å². The molecule has 0 N–H and O–H groups in total. The number of ether oxygens (including phenoxy) is 1. The van der Waals surface area contributed by atoms with E-state index in [1.807, 2.05) is 0 Å². The van der Waals surface area contributed by atoms with Crippen LogP contribution >= 0.6 is 0 Å².